The van der Waals surface area contributed by atoms with Crippen molar-refractivity contribution in [3.8, 4) is 5.88 Å². The van der Waals surface area contributed by atoms with Gasteiger partial charge in [-0.15, -0.1) is 0 Å². The predicted octanol–water partition coefficient (Wildman–Crippen LogP) is 0.832. The van der Waals surface area contributed by atoms with E-state index in [-0.39, 0.29) is 13.2 Å². The molecule has 0 fully saturated rings. The van der Waals surface area contributed by atoms with Gasteiger partial charge in [-0.3, -0.25) is 0 Å². The molecular weight excluding hydrogens is 276 g/mol. The van der Waals surface area contributed by atoms with Crippen LogP contribution in [0.1, 0.15) is 0 Å². The molecule has 1 heterocycles. The summed E-state index contributed by atoms with van der Waals surface area (Å²) in [6.45, 7) is 0.105. The molecule has 0 aliphatic carbocycles. The van der Waals surface area contributed by atoms with E-state index in [2.05, 4.69) is 30.9 Å². The summed E-state index contributed by atoms with van der Waals surface area (Å²) >= 11 is 3.20. The number of aliphatic hydroxyl groups is 1. The average Bonchev–Trinajstić information content (AvgIpc) is 2.26. The normalized spacial score (nSPS) is 10.8. The second kappa shape index (κ2) is 6.39. The third-order valence-corrected chi connectivity index (χ3v) is 1.98. The third-order valence-electron chi connectivity index (χ3n) is 1.44. The molecule has 0 aliphatic rings. The lowest BCUT2D eigenvalue weighted by Gasteiger charge is -2.05. The summed E-state index contributed by atoms with van der Waals surface area (Å²) in [5.41, 5.74) is 0. The number of ether oxygens (including phenoxy) is 1. The number of aliphatic hydroxyl groups excluding tert-OH is 1. The van der Waals surface area contributed by atoms with Crippen LogP contribution < -0.4 is 4.74 Å². The summed E-state index contributed by atoms with van der Waals surface area (Å²) in [6, 6.07) is 0. The van der Waals surface area contributed by atoms with Crippen molar-refractivity contribution in [1.29, 1.82) is 0 Å². The number of rotatable bonds is 5. The van der Waals surface area contributed by atoms with E-state index in [4.69, 9.17) is 9.84 Å². The second-order valence-electron chi connectivity index (χ2n) is 3.10. The molecule has 0 atom stereocenters. The largest absolute Gasteiger partial charge is 0.473 e. The minimum Gasteiger partial charge on any atom is -0.473 e. The van der Waals surface area contributed by atoms with E-state index < -0.39 is 0 Å². The Morgan fingerprint density at radius 3 is 3.00 bits per heavy atom. The molecule has 0 aliphatic heterocycles. The van der Waals surface area contributed by atoms with Gasteiger partial charge in [0.05, 0.1) is 19.1 Å². The topological polar surface area (TPSA) is 70.8 Å². The monoisotopic (exact) mass is 288 g/mol. The Morgan fingerprint density at radius 1 is 1.62 bits per heavy atom. The van der Waals surface area contributed by atoms with Crippen LogP contribution in [-0.4, -0.2) is 53.6 Å². The molecule has 0 bridgehead atoms. The first-order valence-electron chi connectivity index (χ1n) is 4.60. The maximum Gasteiger partial charge on any atom is 0.249 e. The molecule has 1 aromatic rings. The van der Waals surface area contributed by atoms with Crippen LogP contribution in [0.3, 0.4) is 0 Å². The van der Waals surface area contributed by atoms with E-state index >= 15 is 0 Å². The molecule has 7 heteroatoms. The minimum absolute atomic E-state index is 0.0701. The lowest BCUT2D eigenvalue weighted by atomic mass is 10.6. The van der Waals surface area contributed by atoms with Gasteiger partial charge >= 0.3 is 0 Å². The number of nitrogens with zero attached hydrogens (tertiary/aromatic N) is 4. The van der Waals surface area contributed by atoms with Gasteiger partial charge in [-0.1, -0.05) is 0 Å². The fourth-order valence-corrected chi connectivity index (χ4v) is 1.13. The Labute approximate surface area is 102 Å². The van der Waals surface area contributed by atoms with Crippen LogP contribution in [0.2, 0.25) is 0 Å². The summed E-state index contributed by atoms with van der Waals surface area (Å²) in [5.74, 6) is 0.771. The number of aliphatic imine (C=N–C) groups is 1. The molecule has 0 aromatic carbocycles. The van der Waals surface area contributed by atoms with Gasteiger partial charge in [0.1, 0.15) is 6.61 Å². The van der Waals surface area contributed by atoms with E-state index in [9.17, 15) is 0 Å². The van der Waals surface area contributed by atoms with Crippen LogP contribution in [0.5, 0.6) is 5.88 Å². The summed E-state index contributed by atoms with van der Waals surface area (Å²) in [5, 5.41) is 8.64. The standard InChI is InChI=1S/C9H13BrN4O2/c1-14(2)6-12-7-5-11-8(10)9(13-7)16-4-3-15/h5-6,15H,3-4H2,1-2H3. The van der Waals surface area contributed by atoms with Crippen molar-refractivity contribution in [1.82, 2.24) is 14.9 Å². The van der Waals surface area contributed by atoms with E-state index in [1.165, 1.54) is 6.20 Å². The minimum atomic E-state index is -0.0701. The molecule has 0 amide bonds. The maximum atomic E-state index is 8.64. The second-order valence-corrected chi connectivity index (χ2v) is 3.86. The van der Waals surface area contributed by atoms with E-state index in [0.717, 1.165) is 0 Å². The molecule has 16 heavy (non-hydrogen) atoms. The zero-order valence-electron chi connectivity index (χ0n) is 9.09. The summed E-state index contributed by atoms with van der Waals surface area (Å²) in [7, 11) is 3.72. The third kappa shape index (κ3) is 4.11. The molecule has 88 valence electrons. The van der Waals surface area contributed by atoms with Gasteiger partial charge in [0.2, 0.25) is 5.88 Å². The molecule has 0 radical (unpaired) electrons. The zero-order chi connectivity index (χ0) is 12.0. The average molecular weight is 289 g/mol. The summed E-state index contributed by atoms with van der Waals surface area (Å²) in [6.07, 6.45) is 3.14. The van der Waals surface area contributed by atoms with Gasteiger partial charge in [-0.25, -0.2) is 9.98 Å². The lowest BCUT2D eigenvalue weighted by molar-refractivity contribution is 0.195. The van der Waals surface area contributed by atoms with E-state index in [0.29, 0.717) is 16.3 Å². The molecular formula is C9H13BrN4O2. The number of hydrogen-bond donors (Lipinski definition) is 1. The van der Waals surface area contributed by atoms with Crippen LogP contribution in [-0.2, 0) is 0 Å². The van der Waals surface area contributed by atoms with Gasteiger partial charge in [-0.2, -0.15) is 4.98 Å². The molecule has 1 rings (SSSR count). The van der Waals surface area contributed by atoms with Crippen LogP contribution in [0.4, 0.5) is 5.82 Å². The van der Waals surface area contributed by atoms with Crippen molar-refractivity contribution < 1.29 is 9.84 Å². The van der Waals surface area contributed by atoms with Crippen molar-refractivity contribution in [2.24, 2.45) is 4.99 Å². The smallest absolute Gasteiger partial charge is 0.249 e. The highest BCUT2D eigenvalue weighted by Gasteiger charge is 2.05. The quantitative estimate of drug-likeness (QED) is 0.642. The number of aromatic nitrogens is 2. The highest BCUT2D eigenvalue weighted by molar-refractivity contribution is 9.10. The Morgan fingerprint density at radius 2 is 2.38 bits per heavy atom. The molecule has 0 saturated carbocycles. The van der Waals surface area contributed by atoms with E-state index in [1.54, 1.807) is 11.2 Å². The maximum absolute atomic E-state index is 8.64. The number of halogens is 1. The van der Waals surface area contributed by atoms with Crippen molar-refractivity contribution >= 4 is 28.1 Å². The van der Waals surface area contributed by atoms with Crippen LogP contribution in [0.25, 0.3) is 0 Å². The zero-order valence-corrected chi connectivity index (χ0v) is 10.7. The van der Waals surface area contributed by atoms with Crippen LogP contribution in [0, 0.1) is 0 Å². The van der Waals surface area contributed by atoms with Gasteiger partial charge in [0.25, 0.3) is 0 Å². The first-order chi connectivity index (χ1) is 7.63. The fraction of sp³-hybridized carbons (Fsp3) is 0.444. The Balaban J connectivity index is 2.80. The van der Waals surface area contributed by atoms with Gasteiger partial charge in [0.15, 0.2) is 10.4 Å². The predicted molar refractivity (Wildman–Crippen MR) is 64.2 cm³/mol. The molecule has 0 unspecified atom stereocenters. The molecule has 1 aromatic heterocycles. The van der Waals surface area contributed by atoms with Crippen molar-refractivity contribution in [3.05, 3.63) is 10.8 Å². The number of hydrogen-bond acceptors (Lipinski definition) is 5. The molecule has 0 saturated heterocycles. The van der Waals surface area contributed by atoms with Crippen LogP contribution >= 0.6 is 15.9 Å². The molecule has 0 spiro atoms. The molecule has 6 nitrogen and oxygen atoms in total. The van der Waals surface area contributed by atoms with Crippen LogP contribution in [0.15, 0.2) is 15.8 Å². The van der Waals surface area contributed by atoms with Gasteiger partial charge in [-0.05, 0) is 15.9 Å². The van der Waals surface area contributed by atoms with E-state index in [1.807, 2.05) is 14.1 Å². The van der Waals surface area contributed by atoms with Crippen molar-refractivity contribution in [3.63, 3.8) is 0 Å². The Kier molecular flexibility index (Phi) is 5.13. The Bertz CT molecular complexity index is 371. The SMILES string of the molecule is CN(C)C=Nc1cnc(Br)c(OCCO)n1. The summed E-state index contributed by atoms with van der Waals surface area (Å²) < 4.78 is 5.67. The first-order valence-corrected chi connectivity index (χ1v) is 5.39. The molecule has 1 N–H and O–H groups in total. The highest BCUT2D eigenvalue weighted by Crippen LogP contribution is 2.22. The lowest BCUT2D eigenvalue weighted by Crippen LogP contribution is -2.07. The van der Waals surface area contributed by atoms with Gasteiger partial charge < -0.3 is 14.7 Å². The highest BCUT2D eigenvalue weighted by atomic mass is 79.9. The fourth-order valence-electron chi connectivity index (χ4n) is 0.820. The Hall–Kier alpha value is -1.21. The summed E-state index contributed by atoms with van der Waals surface area (Å²) in [4.78, 5) is 14.0. The van der Waals surface area contributed by atoms with Crippen molar-refractivity contribution in [2.75, 3.05) is 27.3 Å². The van der Waals surface area contributed by atoms with Crippen molar-refractivity contribution in [2.45, 2.75) is 0 Å². The first kappa shape index (κ1) is 12.9. The van der Waals surface area contributed by atoms with Gasteiger partial charge in [0, 0.05) is 14.1 Å².